The molecule has 0 unspecified atom stereocenters. The molecule has 2 aliphatic heterocycles. The Morgan fingerprint density at radius 2 is 0.870 bits per heavy atom. The predicted molar refractivity (Wildman–Crippen MR) is 287 cm³/mol. The zero-order valence-electron chi connectivity index (χ0n) is 39.1. The Hall–Kier alpha value is -5.62. The molecule has 6 aromatic rings. The minimum atomic E-state index is -0.998. The van der Waals surface area contributed by atoms with Gasteiger partial charge in [-0.3, -0.25) is 28.8 Å². The summed E-state index contributed by atoms with van der Waals surface area (Å²) in [7, 11) is -0.998. The van der Waals surface area contributed by atoms with Gasteiger partial charge in [-0.2, -0.15) is 0 Å². The van der Waals surface area contributed by atoms with E-state index in [1.165, 1.54) is 0 Å². The monoisotopic (exact) mass is 1190 g/mol. The van der Waals surface area contributed by atoms with Gasteiger partial charge in [0.15, 0.2) is 17.3 Å². The fourth-order valence-corrected chi connectivity index (χ4v) is 8.42. The normalized spacial score (nSPS) is 15.2. The summed E-state index contributed by atoms with van der Waals surface area (Å²) in [4.78, 5) is 80.6. The van der Waals surface area contributed by atoms with Crippen molar-refractivity contribution in [3.05, 3.63) is 197 Å². The van der Waals surface area contributed by atoms with E-state index in [1.807, 2.05) is 97.1 Å². The number of anilines is 3. The Labute approximate surface area is 433 Å². The Morgan fingerprint density at radius 1 is 0.507 bits per heavy atom. The van der Waals surface area contributed by atoms with Crippen LogP contribution < -0.4 is 16.8 Å². The van der Waals surface area contributed by atoms with Crippen LogP contribution in [0.5, 0.6) is 0 Å². The molecule has 0 aliphatic carbocycles. The van der Waals surface area contributed by atoms with Gasteiger partial charge < -0.3 is 26.6 Å². The number of nitrogens with two attached hydrogens (primary N) is 2. The fourth-order valence-electron chi connectivity index (χ4n) is 8.42. The van der Waals surface area contributed by atoms with Gasteiger partial charge in [-0.25, -0.2) is 0 Å². The van der Waals surface area contributed by atoms with Crippen LogP contribution in [0.4, 0.5) is 17.1 Å². The third kappa shape index (κ3) is 16.2. The minimum absolute atomic E-state index is 0.0181. The van der Waals surface area contributed by atoms with E-state index in [4.69, 9.17) is 12.3 Å². The molecule has 0 radical (unpaired) electrons. The molecule has 2 aliphatic rings. The Balaban J connectivity index is 0.000000317. The Kier molecular flexibility index (Phi) is 20.0. The Morgan fingerprint density at radius 3 is 1.35 bits per heavy atom. The molecule has 2 fully saturated rings. The molecule has 0 saturated carbocycles. The van der Waals surface area contributed by atoms with Crippen molar-refractivity contribution in [1.29, 1.82) is 0.879 Å². The standard InChI is InChI=1S/C41H41N3O5.C14H14N2O.2HI.V.H/c45-37(33-19-15-31(16-20-33)26-38(46)35-13-7-23-43(35)39(47)27-29-9-3-1-4-10-29)25-32-17-21-34(22-18-32)42-41(49)36-14-8-24-44(36)40(48)28-30-11-5-2-6-12-30;15-12-5-1-10(2-6-12)9-14(17)11-3-7-13(16)8-4-11;;;;/h1-6,9-12,15-22,35-36H,7-8,13-14,23-28H2,(H,42,49);1-8H,9,15-16H2;2*1H;;/q;;;;+2;/p-2/t35-,36-;;;;;/m0...../s1/i;;;;;1+1. The topological polar surface area (TPSA) is 173 Å². The number of hydrogen-bond acceptors (Lipinski definition) is 8. The number of nitrogens with one attached hydrogen (secondary N) is 1. The summed E-state index contributed by atoms with van der Waals surface area (Å²) >= 11 is 4.28. The molecule has 0 bridgehead atoms. The van der Waals surface area contributed by atoms with E-state index in [2.05, 4.69) is 45.3 Å². The van der Waals surface area contributed by atoms with Crippen LogP contribution in [0.25, 0.3) is 0 Å². The third-order valence-electron chi connectivity index (χ3n) is 12.0. The van der Waals surface area contributed by atoms with Crippen LogP contribution >= 0.6 is 40.0 Å². The fraction of sp³-hybridized carbons (Fsp3) is 0.236. The van der Waals surface area contributed by atoms with Crippen LogP contribution in [0.2, 0.25) is 0 Å². The van der Waals surface area contributed by atoms with E-state index in [-0.39, 0.29) is 60.8 Å². The van der Waals surface area contributed by atoms with Gasteiger partial charge >= 0.3 is 50.2 Å². The average molecular weight is 1190 g/mol. The molecule has 356 valence electrons. The number of halogens is 2. The number of ketones is 3. The second-order valence-electron chi connectivity index (χ2n) is 17.0. The zero-order chi connectivity index (χ0) is 50.0. The first kappa shape index (κ1) is 51.2. The Bertz CT molecular complexity index is 2690. The van der Waals surface area contributed by atoms with Gasteiger partial charge in [0.2, 0.25) is 17.7 Å². The SMILES string of the molecule is Nc1ccc(CC(=O)c2ccc(N)cc2)cc1.O=C(Cc1ccc(NC(=O)[C@@H]2CCCN2C(=O)Cc2ccccc2)cc1)c1ccc(CC(=O)[C@@H]2CCCN2C(=O)Cc2ccccc2)cc1.[2H][V]([I])[I]. The van der Waals surface area contributed by atoms with Gasteiger partial charge in [0.25, 0.3) is 0 Å². The summed E-state index contributed by atoms with van der Waals surface area (Å²) in [6.07, 6.45) is 4.23. The van der Waals surface area contributed by atoms with Gasteiger partial charge in [0.05, 0.1) is 18.9 Å². The van der Waals surface area contributed by atoms with Crippen molar-refractivity contribution in [3.63, 3.8) is 0 Å². The summed E-state index contributed by atoms with van der Waals surface area (Å²) in [6.45, 7) is 1.16. The molecule has 2 atom stereocenters. The van der Waals surface area contributed by atoms with Gasteiger partial charge in [-0.1, -0.05) is 109 Å². The van der Waals surface area contributed by atoms with Gasteiger partial charge in [-0.15, -0.1) is 0 Å². The van der Waals surface area contributed by atoms with Crippen LogP contribution in [0, 0.1) is 0 Å². The number of hydrogen-bond donors (Lipinski definition) is 3. The van der Waals surface area contributed by atoms with Crippen LogP contribution in [0.15, 0.2) is 158 Å². The molecule has 11 nitrogen and oxygen atoms in total. The maximum atomic E-state index is 13.2. The van der Waals surface area contributed by atoms with Crippen molar-refractivity contribution in [1.82, 2.24) is 9.80 Å². The molecular weight excluding hydrogens is 1130 g/mol. The molecule has 2 heterocycles. The van der Waals surface area contributed by atoms with Crippen LogP contribution in [0.1, 0.15) is 74.2 Å². The number of nitrogens with zero attached hydrogens (tertiary/aromatic N) is 2. The quantitative estimate of drug-likeness (QED) is 0.0519. The molecule has 0 aromatic heterocycles. The van der Waals surface area contributed by atoms with E-state index in [9.17, 15) is 28.8 Å². The van der Waals surface area contributed by atoms with E-state index >= 15 is 0 Å². The van der Waals surface area contributed by atoms with E-state index in [1.54, 1.807) is 70.5 Å². The van der Waals surface area contributed by atoms with Crippen molar-refractivity contribution in [3.8, 4) is 0 Å². The second-order valence-corrected chi connectivity index (χ2v) is 28.8. The molecule has 6 aromatic carbocycles. The molecule has 0 spiro atoms. The van der Waals surface area contributed by atoms with Crippen LogP contribution in [-0.2, 0) is 60.6 Å². The molecule has 2 saturated heterocycles. The summed E-state index contributed by atoms with van der Waals surface area (Å²) in [5, 5.41) is 2.94. The molecule has 69 heavy (non-hydrogen) atoms. The number of benzene rings is 6. The second kappa shape index (κ2) is 27.0. The van der Waals surface area contributed by atoms with Crippen molar-refractivity contribution >= 4 is 92.1 Å². The zero-order valence-corrected chi connectivity index (χ0v) is 43.9. The van der Waals surface area contributed by atoms with Crippen LogP contribution in [-0.4, -0.2) is 70.9 Å². The van der Waals surface area contributed by atoms with Crippen molar-refractivity contribution in [2.75, 3.05) is 29.9 Å². The van der Waals surface area contributed by atoms with Gasteiger partial charge in [-0.05, 0) is 102 Å². The summed E-state index contributed by atoms with van der Waals surface area (Å²) in [5.74, 6) is -0.240. The van der Waals surface area contributed by atoms with Crippen molar-refractivity contribution < 1.29 is 38.1 Å². The van der Waals surface area contributed by atoms with Crippen LogP contribution in [0.3, 0.4) is 0 Å². The first-order valence-electron chi connectivity index (χ1n) is 23.2. The number of carbonyl (C=O) groups excluding carboxylic acids is 6. The number of carbonyl (C=O) groups is 6. The average Bonchev–Trinajstić information content (AvgIpc) is 4.06. The number of rotatable bonds is 15. The third-order valence-corrected chi connectivity index (χ3v) is 12.0. The first-order chi connectivity index (χ1) is 33.7. The first-order valence-corrected chi connectivity index (χ1v) is 31.8. The van der Waals surface area contributed by atoms with Crippen molar-refractivity contribution in [2.24, 2.45) is 0 Å². The summed E-state index contributed by atoms with van der Waals surface area (Å²) in [6, 6.07) is 46.8. The molecule has 5 N–H and O–H groups in total. The number of amides is 3. The molecule has 3 amide bonds. The number of Topliss-reactive ketones (excluding diaryl/α,β-unsaturated/α-hetero) is 3. The van der Waals surface area contributed by atoms with E-state index in [0.717, 1.165) is 40.7 Å². The molecule has 8 rings (SSSR count). The van der Waals surface area contributed by atoms with Crippen molar-refractivity contribution in [2.45, 2.75) is 69.9 Å². The number of nitrogen functional groups attached to an aromatic ring is 2. The number of likely N-dealkylation sites (tertiary alicyclic amines) is 2. The summed E-state index contributed by atoms with van der Waals surface area (Å²) in [5.41, 5.74) is 18.8. The van der Waals surface area contributed by atoms with E-state index < -0.39 is 21.4 Å². The van der Waals surface area contributed by atoms with E-state index in [0.29, 0.717) is 60.5 Å². The predicted octanol–water partition coefficient (Wildman–Crippen LogP) is 9.41. The van der Waals surface area contributed by atoms with Gasteiger partial charge in [0, 0.05) is 60.5 Å². The molecular formula is C55H56I2N5O6V. The summed E-state index contributed by atoms with van der Waals surface area (Å²) < 4.78 is 6.70. The van der Waals surface area contributed by atoms with Gasteiger partial charge in [0.1, 0.15) is 6.04 Å². The molecule has 14 heteroatoms. The maximum absolute atomic E-state index is 13.2.